The van der Waals surface area contributed by atoms with E-state index in [4.69, 9.17) is 9.15 Å². The maximum Gasteiger partial charge on any atom is 0.276 e. The number of aliphatic hydroxyl groups is 1. The van der Waals surface area contributed by atoms with E-state index >= 15 is 0 Å². The maximum absolute atomic E-state index is 12.6. The van der Waals surface area contributed by atoms with Crippen LogP contribution in [-0.2, 0) is 11.3 Å². The minimum Gasteiger partial charge on any atom is -0.447 e. The van der Waals surface area contributed by atoms with Gasteiger partial charge in [0.1, 0.15) is 6.26 Å². The van der Waals surface area contributed by atoms with Gasteiger partial charge in [-0.1, -0.05) is 0 Å². The van der Waals surface area contributed by atoms with Crippen LogP contribution in [0.1, 0.15) is 37.2 Å². The highest BCUT2D eigenvalue weighted by atomic mass is 16.5. The lowest BCUT2D eigenvalue weighted by Crippen LogP contribution is -2.50. The summed E-state index contributed by atoms with van der Waals surface area (Å²) in [6, 6.07) is 0.134. The number of carbonyl (C=O) groups is 1. The molecule has 30 heavy (non-hydrogen) atoms. The van der Waals surface area contributed by atoms with Crippen LogP contribution in [0.15, 0.2) is 10.7 Å². The molecule has 2 saturated heterocycles. The van der Waals surface area contributed by atoms with Crippen LogP contribution >= 0.6 is 0 Å². The summed E-state index contributed by atoms with van der Waals surface area (Å²) in [4.78, 5) is 25.6. The summed E-state index contributed by atoms with van der Waals surface area (Å²) < 4.78 is 10.9. The van der Waals surface area contributed by atoms with Crippen LogP contribution < -0.4 is 0 Å². The topological polar surface area (TPSA) is 85.5 Å². The summed E-state index contributed by atoms with van der Waals surface area (Å²) in [7, 11) is 0. The summed E-state index contributed by atoms with van der Waals surface area (Å²) in [5.41, 5.74) is 0.380. The van der Waals surface area contributed by atoms with E-state index in [2.05, 4.69) is 19.7 Å². The molecule has 0 spiro atoms. The average Bonchev–Trinajstić information content (AvgIpc) is 3.19. The molecule has 2 fully saturated rings. The minimum atomic E-state index is -0.336. The molecule has 1 N–H and O–H groups in total. The van der Waals surface area contributed by atoms with Crippen LogP contribution in [0.5, 0.6) is 0 Å². The highest BCUT2D eigenvalue weighted by molar-refractivity contribution is 5.92. The quantitative estimate of drug-likeness (QED) is 0.609. The molecule has 0 aliphatic carbocycles. The van der Waals surface area contributed by atoms with Crippen LogP contribution in [0.25, 0.3) is 0 Å². The van der Waals surface area contributed by atoms with Gasteiger partial charge < -0.3 is 19.2 Å². The van der Waals surface area contributed by atoms with E-state index in [9.17, 15) is 9.90 Å². The molecule has 1 unspecified atom stereocenters. The number of hydrogen-bond donors (Lipinski definition) is 1. The number of aromatic nitrogens is 1. The first-order valence-corrected chi connectivity index (χ1v) is 11.1. The van der Waals surface area contributed by atoms with Crippen molar-refractivity contribution >= 4 is 5.91 Å². The zero-order valence-electron chi connectivity index (χ0n) is 18.6. The predicted molar refractivity (Wildman–Crippen MR) is 113 cm³/mol. The van der Waals surface area contributed by atoms with Crippen LogP contribution in [0.3, 0.4) is 0 Å². The fourth-order valence-corrected chi connectivity index (χ4v) is 4.13. The Bertz CT molecular complexity index is 654. The van der Waals surface area contributed by atoms with E-state index in [-0.39, 0.29) is 18.1 Å². The monoisotopic (exact) mass is 423 g/mol. The van der Waals surface area contributed by atoms with Gasteiger partial charge in [-0.2, -0.15) is 0 Å². The smallest absolute Gasteiger partial charge is 0.276 e. The van der Waals surface area contributed by atoms with Crippen molar-refractivity contribution in [3.63, 3.8) is 0 Å². The Hall–Kier alpha value is -1.52. The zero-order chi connectivity index (χ0) is 21.5. The first-order valence-electron chi connectivity index (χ1n) is 11.1. The summed E-state index contributed by atoms with van der Waals surface area (Å²) >= 11 is 0. The number of hydrogen-bond acceptors (Lipinski definition) is 8. The molecule has 9 nitrogen and oxygen atoms in total. The lowest BCUT2D eigenvalue weighted by atomic mass is 10.2. The highest BCUT2D eigenvalue weighted by Gasteiger charge is 2.24. The largest absolute Gasteiger partial charge is 0.447 e. The van der Waals surface area contributed by atoms with Gasteiger partial charge in [0.05, 0.1) is 25.9 Å². The molecule has 170 valence electrons. The molecule has 3 rings (SSSR count). The Morgan fingerprint density at radius 2 is 1.70 bits per heavy atom. The second kappa shape index (κ2) is 11.2. The molecule has 2 aliphatic heterocycles. The summed E-state index contributed by atoms with van der Waals surface area (Å²) in [6.45, 7) is 15.5. The highest BCUT2D eigenvalue weighted by Crippen LogP contribution is 2.12. The summed E-state index contributed by atoms with van der Waals surface area (Å²) in [5, 5.41) is 10.4. The van der Waals surface area contributed by atoms with Crippen molar-refractivity contribution in [1.29, 1.82) is 0 Å². The molecule has 1 aromatic rings. The van der Waals surface area contributed by atoms with Crippen molar-refractivity contribution in [2.45, 2.75) is 39.5 Å². The lowest BCUT2D eigenvalue weighted by Gasteiger charge is -2.36. The van der Waals surface area contributed by atoms with Gasteiger partial charge in [0, 0.05) is 64.9 Å². The molecule has 9 heteroatoms. The average molecular weight is 424 g/mol. The first kappa shape index (κ1) is 23.1. The van der Waals surface area contributed by atoms with Crippen LogP contribution in [0, 0.1) is 0 Å². The lowest BCUT2D eigenvalue weighted by molar-refractivity contribution is 0.00187. The number of amides is 1. The van der Waals surface area contributed by atoms with Crippen molar-refractivity contribution in [3.05, 3.63) is 17.8 Å². The van der Waals surface area contributed by atoms with Gasteiger partial charge in [0.25, 0.3) is 5.91 Å². The number of nitrogens with zero attached hydrogens (tertiary/aromatic N) is 5. The van der Waals surface area contributed by atoms with Crippen LogP contribution in [-0.4, -0.2) is 120 Å². The Balaban J connectivity index is 1.40. The van der Waals surface area contributed by atoms with Gasteiger partial charge in [-0.3, -0.25) is 19.5 Å². The summed E-state index contributed by atoms with van der Waals surface area (Å²) in [6.07, 6.45) is 1.14. The van der Waals surface area contributed by atoms with Crippen molar-refractivity contribution in [1.82, 2.24) is 24.6 Å². The fraction of sp³-hybridized carbons (Fsp3) is 0.810. The Morgan fingerprint density at radius 1 is 1.10 bits per heavy atom. The Morgan fingerprint density at radius 3 is 2.30 bits per heavy atom. The molecule has 3 heterocycles. The van der Waals surface area contributed by atoms with Gasteiger partial charge in [0.15, 0.2) is 5.69 Å². The Kier molecular flexibility index (Phi) is 8.64. The Labute approximate surface area is 179 Å². The minimum absolute atomic E-state index is 0.0819. The third-order valence-electron chi connectivity index (χ3n) is 5.86. The van der Waals surface area contributed by atoms with Crippen LogP contribution in [0.4, 0.5) is 0 Å². The van der Waals surface area contributed by atoms with Crippen molar-refractivity contribution in [2.75, 3.05) is 72.1 Å². The summed E-state index contributed by atoms with van der Waals surface area (Å²) in [5.74, 6) is 0.500. The molecule has 1 aromatic heterocycles. The van der Waals surface area contributed by atoms with E-state index in [1.807, 2.05) is 20.8 Å². The third-order valence-corrected chi connectivity index (χ3v) is 5.86. The number of oxazole rings is 1. The van der Waals surface area contributed by atoms with E-state index in [0.717, 1.165) is 52.5 Å². The second-order valence-corrected chi connectivity index (χ2v) is 8.45. The zero-order valence-corrected chi connectivity index (χ0v) is 18.6. The first-order chi connectivity index (χ1) is 14.5. The van der Waals surface area contributed by atoms with Gasteiger partial charge in [0.2, 0.25) is 5.89 Å². The molecular weight excluding hydrogens is 386 g/mol. The molecule has 1 amide bonds. The number of ether oxygens (including phenoxy) is 1. The van der Waals surface area contributed by atoms with Gasteiger partial charge >= 0.3 is 0 Å². The second-order valence-electron chi connectivity index (χ2n) is 8.45. The normalized spacial score (nSPS) is 20.6. The van der Waals surface area contributed by atoms with Crippen molar-refractivity contribution < 1.29 is 19.1 Å². The van der Waals surface area contributed by atoms with Gasteiger partial charge in [-0.15, -0.1) is 0 Å². The molecule has 0 aromatic carbocycles. The third kappa shape index (κ3) is 6.49. The van der Waals surface area contributed by atoms with E-state index < -0.39 is 0 Å². The number of piperazine rings is 1. The molecular formula is C21H37N5O4. The van der Waals surface area contributed by atoms with E-state index in [1.54, 1.807) is 4.90 Å². The van der Waals surface area contributed by atoms with E-state index in [0.29, 0.717) is 37.8 Å². The SMILES string of the molecule is CCN(C(=O)c1coc(CN2CCN(CC(O)CN3CCOCC3)CC2)n1)C(C)C. The molecule has 1 atom stereocenters. The number of carbonyl (C=O) groups excluding carboxylic acids is 1. The standard InChI is InChI=1S/C21H37N5O4/c1-4-26(17(2)3)21(28)19-16-30-20(22-19)15-24-7-5-23(6-8-24)13-18(27)14-25-9-11-29-12-10-25/h16-18,27H,4-15H2,1-3H3. The van der Waals surface area contributed by atoms with E-state index in [1.165, 1.54) is 6.26 Å². The molecule has 0 saturated carbocycles. The van der Waals surface area contributed by atoms with Crippen molar-refractivity contribution in [2.24, 2.45) is 0 Å². The number of morpholine rings is 1. The molecule has 2 aliphatic rings. The molecule has 0 bridgehead atoms. The number of rotatable bonds is 9. The van der Waals surface area contributed by atoms with Gasteiger partial charge in [-0.05, 0) is 20.8 Å². The van der Waals surface area contributed by atoms with Crippen LogP contribution in [0.2, 0.25) is 0 Å². The number of aliphatic hydroxyl groups excluding tert-OH is 1. The number of β-amino-alcohol motifs (C(OH)–C–C–N with tert-alkyl or cyclic N) is 1. The van der Waals surface area contributed by atoms with Crippen molar-refractivity contribution in [3.8, 4) is 0 Å². The molecule has 0 radical (unpaired) electrons. The van der Waals surface area contributed by atoms with Gasteiger partial charge in [-0.25, -0.2) is 4.98 Å². The fourth-order valence-electron chi connectivity index (χ4n) is 4.13. The predicted octanol–water partition coefficient (Wildman–Crippen LogP) is 0.356. The maximum atomic E-state index is 12.6.